The largest absolute Gasteiger partial charge is 0.481 e. The van der Waals surface area contributed by atoms with Crippen LogP contribution in [0.5, 0.6) is 0 Å². The zero-order valence-corrected chi connectivity index (χ0v) is 37.5. The van der Waals surface area contributed by atoms with Crippen molar-refractivity contribution < 1.29 is 78.6 Å². The molecule has 0 aromatic carbocycles. The molecule has 3 saturated heterocycles. The summed E-state index contributed by atoms with van der Waals surface area (Å²) in [7, 11) is 5.41. The first-order valence-corrected chi connectivity index (χ1v) is 21.3. The second-order valence-corrected chi connectivity index (χ2v) is 18.7. The lowest BCUT2D eigenvalue weighted by molar-refractivity contribution is -0.314. The van der Waals surface area contributed by atoms with E-state index in [0.717, 1.165) is 0 Å². The number of likely N-dealkylation sites (N-methyl/N-ethyl adjacent to an activating group) is 2. The summed E-state index contributed by atoms with van der Waals surface area (Å²) >= 11 is 0. The molecule has 0 aromatic rings. The lowest BCUT2D eigenvalue weighted by Crippen LogP contribution is -2.60. The van der Waals surface area contributed by atoms with Gasteiger partial charge >= 0.3 is 23.9 Å². The molecule has 7 N–H and O–H groups in total. The number of rotatable bonds is 12. The molecule has 0 aliphatic carbocycles. The van der Waals surface area contributed by atoms with E-state index in [0.29, 0.717) is 13.0 Å². The summed E-state index contributed by atoms with van der Waals surface area (Å²) in [6.07, 6.45) is -11.6. The first-order valence-electron chi connectivity index (χ1n) is 21.3. The number of aliphatic carboxylic acids is 3. The van der Waals surface area contributed by atoms with Crippen LogP contribution in [0, 0.1) is 35.5 Å². The minimum Gasteiger partial charge on any atom is -0.481 e. The van der Waals surface area contributed by atoms with E-state index in [1.165, 1.54) is 13.8 Å². The average molecular weight is 863 g/mol. The van der Waals surface area contributed by atoms with Crippen molar-refractivity contribution in [3.63, 3.8) is 0 Å². The minimum absolute atomic E-state index is 0.0837. The van der Waals surface area contributed by atoms with Crippen molar-refractivity contribution in [3.8, 4) is 0 Å². The number of carboxylic acid groups (broad SMARTS) is 3. The molecule has 0 aromatic heterocycles. The van der Waals surface area contributed by atoms with E-state index >= 15 is 0 Å². The molecule has 0 radical (unpaired) electrons. The second-order valence-electron chi connectivity index (χ2n) is 18.7. The third-order valence-electron chi connectivity index (χ3n) is 13.3. The zero-order chi connectivity index (χ0) is 45.8. The molecule has 3 aliphatic rings. The van der Waals surface area contributed by atoms with Crippen LogP contribution in [0.2, 0.25) is 0 Å². The quantitative estimate of drug-likeness (QED) is 0.138. The molecule has 60 heavy (non-hydrogen) atoms. The Balaban J connectivity index is 2.29. The lowest BCUT2D eigenvalue weighted by Gasteiger charge is -2.49. The average Bonchev–Trinajstić information content (AvgIpc) is 3.12. The van der Waals surface area contributed by atoms with Crippen molar-refractivity contribution >= 4 is 23.9 Å². The minimum atomic E-state index is -1.94. The normalized spacial score (nSPS) is 44.4. The molecular formula is C42H74N2O16. The summed E-state index contributed by atoms with van der Waals surface area (Å²) in [5, 5.41) is 77.4. The van der Waals surface area contributed by atoms with Gasteiger partial charge in [-0.05, 0) is 99.7 Å². The first kappa shape index (κ1) is 51.8. The van der Waals surface area contributed by atoms with Gasteiger partial charge in [-0.25, -0.2) is 0 Å². The summed E-state index contributed by atoms with van der Waals surface area (Å²) in [4.78, 5) is 54.7. The molecule has 18 heteroatoms. The summed E-state index contributed by atoms with van der Waals surface area (Å²) < 4.78 is 31.9. The standard InChI is InChI=1S/C42H74N2O16/c1-13-30-42(9,55)36(52)24(6)44(12)19-20(2)18-41(8,54)37(60-40-34(51)29(43(10)11)14-21(3)56-40)22(4)35(23(5)38(53)58-30)59-39-28(17-33(49)50)27(16-32(47)48)26(15-31(45)46)25(7)57-39/h20-30,34-37,39-40,51-52,54-55H,13-19H2,1-12H3,(H,45,46)(H,47,48)(H,49,50)/t20-,21-,22+,23-,24-,25+,26+,27-,28+,29+,30-,34-,35+,36-,37-,39?,40+,41-,42-/m1/s1. The highest BCUT2D eigenvalue weighted by atomic mass is 16.7. The van der Waals surface area contributed by atoms with Gasteiger partial charge in [0.2, 0.25) is 0 Å². The number of aliphatic hydroxyl groups excluding tert-OH is 2. The van der Waals surface area contributed by atoms with Crippen molar-refractivity contribution in [1.29, 1.82) is 0 Å². The fourth-order valence-corrected chi connectivity index (χ4v) is 10.0. The number of esters is 1. The lowest BCUT2D eigenvalue weighted by atomic mass is 9.71. The SMILES string of the molecule is CC[C@H]1OC(=O)[C@H](C)[C@@H](OC2O[C@@H](C)[C@H](CC(=O)O)[C@@H](CC(=O)O)[C@@H]2CC(=O)O)[C@H](C)[C@@H](O[C@@H]2O[C@H](C)C[C@H](N(C)C)[C@H]2O)[C@](C)(O)C[C@@H](C)CN(C)[C@H](C)[C@@H](O)[C@]1(C)O. The molecule has 18 nitrogen and oxygen atoms in total. The highest BCUT2D eigenvalue weighted by Gasteiger charge is 2.53. The number of cyclic esters (lactones) is 1. The van der Waals surface area contributed by atoms with E-state index in [1.807, 2.05) is 37.7 Å². The Morgan fingerprint density at radius 1 is 0.850 bits per heavy atom. The molecule has 0 spiro atoms. The monoisotopic (exact) mass is 863 g/mol. The molecule has 3 rings (SSSR count). The number of carbonyl (C=O) groups excluding carboxylic acids is 1. The van der Waals surface area contributed by atoms with Gasteiger partial charge < -0.3 is 69.2 Å². The van der Waals surface area contributed by atoms with Gasteiger partial charge in [-0.3, -0.25) is 19.2 Å². The van der Waals surface area contributed by atoms with E-state index in [-0.39, 0.29) is 30.9 Å². The van der Waals surface area contributed by atoms with E-state index in [4.69, 9.17) is 23.7 Å². The molecule has 1 unspecified atom stereocenters. The zero-order valence-electron chi connectivity index (χ0n) is 37.5. The maximum absolute atomic E-state index is 14.4. The summed E-state index contributed by atoms with van der Waals surface area (Å²) in [5.41, 5.74) is -3.69. The molecule has 348 valence electrons. The number of hydrogen-bond acceptors (Lipinski definition) is 15. The van der Waals surface area contributed by atoms with Gasteiger partial charge in [0.05, 0.1) is 48.8 Å². The number of hydrogen-bond donors (Lipinski definition) is 7. The first-order chi connectivity index (χ1) is 27.6. The number of aliphatic hydroxyl groups is 4. The van der Waals surface area contributed by atoms with Gasteiger partial charge in [0.15, 0.2) is 12.6 Å². The highest BCUT2D eigenvalue weighted by molar-refractivity contribution is 5.73. The Hall–Kier alpha value is -2.52. The van der Waals surface area contributed by atoms with E-state index < -0.39 is 139 Å². The number of carbonyl (C=O) groups is 4. The summed E-state index contributed by atoms with van der Waals surface area (Å²) in [5.74, 6) is -10.5. The van der Waals surface area contributed by atoms with Crippen LogP contribution in [0.3, 0.4) is 0 Å². The number of carboxylic acids is 3. The van der Waals surface area contributed by atoms with Crippen LogP contribution in [0.4, 0.5) is 0 Å². The van der Waals surface area contributed by atoms with Crippen LogP contribution < -0.4 is 0 Å². The van der Waals surface area contributed by atoms with Crippen LogP contribution in [0.15, 0.2) is 0 Å². The topological polar surface area (TPSA) is 263 Å². The van der Waals surface area contributed by atoms with E-state index in [2.05, 4.69) is 0 Å². The fourth-order valence-electron chi connectivity index (χ4n) is 10.0. The van der Waals surface area contributed by atoms with E-state index in [1.54, 1.807) is 41.7 Å². The molecule has 0 bridgehead atoms. The Morgan fingerprint density at radius 2 is 1.40 bits per heavy atom. The van der Waals surface area contributed by atoms with Crippen molar-refractivity contribution in [1.82, 2.24) is 9.80 Å². The predicted molar refractivity (Wildman–Crippen MR) is 215 cm³/mol. The molecule has 3 heterocycles. The van der Waals surface area contributed by atoms with Crippen LogP contribution >= 0.6 is 0 Å². The fraction of sp³-hybridized carbons (Fsp3) is 0.905. The third kappa shape index (κ3) is 12.6. The predicted octanol–water partition coefficient (Wildman–Crippen LogP) is 2.02. The Labute approximate surface area is 354 Å². The van der Waals surface area contributed by atoms with Crippen molar-refractivity contribution in [2.75, 3.05) is 27.7 Å². The van der Waals surface area contributed by atoms with E-state index in [9.17, 15) is 54.9 Å². The summed E-state index contributed by atoms with van der Waals surface area (Å²) in [6, 6.07) is -1.03. The molecule has 0 amide bonds. The van der Waals surface area contributed by atoms with Crippen LogP contribution in [-0.2, 0) is 42.9 Å². The van der Waals surface area contributed by atoms with Crippen molar-refractivity contribution in [2.45, 2.75) is 179 Å². The van der Waals surface area contributed by atoms with Crippen molar-refractivity contribution in [3.05, 3.63) is 0 Å². The number of ether oxygens (including phenoxy) is 5. The highest BCUT2D eigenvalue weighted by Crippen LogP contribution is 2.44. The number of nitrogens with zero attached hydrogens (tertiary/aromatic N) is 2. The van der Waals surface area contributed by atoms with Gasteiger partial charge in [-0.2, -0.15) is 0 Å². The maximum atomic E-state index is 14.4. The Kier molecular flexibility index (Phi) is 18.3. The van der Waals surface area contributed by atoms with Gasteiger partial charge in [-0.15, -0.1) is 0 Å². The van der Waals surface area contributed by atoms with Gasteiger partial charge in [0, 0.05) is 36.9 Å². The van der Waals surface area contributed by atoms with Crippen LogP contribution in [-0.4, -0.2) is 176 Å². The van der Waals surface area contributed by atoms with Crippen LogP contribution in [0.25, 0.3) is 0 Å². The molecular weight excluding hydrogens is 788 g/mol. The smallest absolute Gasteiger partial charge is 0.311 e. The van der Waals surface area contributed by atoms with Gasteiger partial charge in [0.25, 0.3) is 0 Å². The molecule has 19 atom stereocenters. The summed E-state index contributed by atoms with van der Waals surface area (Å²) in [6.45, 7) is 15.1. The van der Waals surface area contributed by atoms with Crippen LogP contribution in [0.1, 0.15) is 101 Å². The third-order valence-corrected chi connectivity index (χ3v) is 13.3. The van der Waals surface area contributed by atoms with Gasteiger partial charge in [-0.1, -0.05) is 20.8 Å². The van der Waals surface area contributed by atoms with Gasteiger partial charge in [0.1, 0.15) is 23.9 Å². The van der Waals surface area contributed by atoms with Crippen molar-refractivity contribution in [2.24, 2.45) is 35.5 Å². The molecule has 3 aliphatic heterocycles. The molecule has 0 saturated carbocycles. The Morgan fingerprint density at radius 3 is 1.93 bits per heavy atom. The Bertz CT molecular complexity index is 1450. The molecule has 3 fully saturated rings. The maximum Gasteiger partial charge on any atom is 0.311 e. The second kappa shape index (κ2) is 21.2.